The number of carbonyl (C=O) groups excluding carboxylic acids is 2. The number of carbonyl (C=O) groups is 2. The molecule has 0 radical (unpaired) electrons. The first-order chi connectivity index (χ1) is 13.7. The van der Waals surface area contributed by atoms with E-state index in [9.17, 15) is 9.59 Å². The summed E-state index contributed by atoms with van der Waals surface area (Å²) in [5.41, 5.74) is 2.66. The van der Waals surface area contributed by atoms with Crippen molar-refractivity contribution in [1.82, 2.24) is 5.32 Å². The minimum Gasteiger partial charge on any atom is -0.356 e. The lowest BCUT2D eigenvalue weighted by molar-refractivity contribution is -0.128. The first kappa shape index (κ1) is 20.1. The van der Waals surface area contributed by atoms with Crippen molar-refractivity contribution >= 4 is 17.5 Å². The van der Waals surface area contributed by atoms with E-state index in [0.717, 1.165) is 38.6 Å². The Hall–Kier alpha value is -2.61. The fourth-order valence-corrected chi connectivity index (χ4v) is 4.15. The lowest BCUT2D eigenvalue weighted by atomic mass is 9.81. The molecule has 0 aliphatic heterocycles. The molecule has 1 aromatic carbocycles. The second kappa shape index (κ2) is 10.1. The fraction of sp³-hybridized carbons (Fsp3) is 0.522. The van der Waals surface area contributed by atoms with Gasteiger partial charge in [0.15, 0.2) is 0 Å². The summed E-state index contributed by atoms with van der Waals surface area (Å²) in [6.45, 7) is 0.723. The summed E-state index contributed by atoms with van der Waals surface area (Å²) >= 11 is 0. The average molecular weight is 380 g/mol. The van der Waals surface area contributed by atoms with Crippen molar-refractivity contribution in [3.05, 3.63) is 41.5 Å². The molecule has 0 atom stereocenters. The molecule has 0 saturated heterocycles. The fourth-order valence-electron chi connectivity index (χ4n) is 4.15. The van der Waals surface area contributed by atoms with Crippen molar-refractivity contribution < 1.29 is 9.59 Å². The topological polar surface area (TPSA) is 82.0 Å². The average Bonchev–Trinajstić information content (AvgIpc) is 2.74. The van der Waals surface area contributed by atoms with Crippen LogP contribution in [0.3, 0.4) is 0 Å². The number of amides is 2. The zero-order valence-corrected chi connectivity index (χ0v) is 16.4. The van der Waals surface area contributed by atoms with Gasteiger partial charge in [0.1, 0.15) is 0 Å². The van der Waals surface area contributed by atoms with E-state index in [0.29, 0.717) is 11.3 Å². The van der Waals surface area contributed by atoms with Crippen molar-refractivity contribution in [3.63, 3.8) is 0 Å². The number of nitrogens with one attached hydrogen (secondary N) is 2. The van der Waals surface area contributed by atoms with Gasteiger partial charge in [-0.2, -0.15) is 5.26 Å². The van der Waals surface area contributed by atoms with E-state index in [-0.39, 0.29) is 23.7 Å². The molecule has 1 aromatic rings. The monoisotopic (exact) mass is 379 g/mol. The van der Waals surface area contributed by atoms with E-state index in [1.807, 2.05) is 0 Å². The molecule has 0 aromatic heterocycles. The van der Waals surface area contributed by atoms with Crippen LogP contribution in [-0.4, -0.2) is 18.4 Å². The van der Waals surface area contributed by atoms with Gasteiger partial charge in [-0.05, 0) is 76.0 Å². The van der Waals surface area contributed by atoms with Crippen molar-refractivity contribution in [2.24, 2.45) is 11.8 Å². The molecule has 0 unspecified atom stereocenters. The highest BCUT2D eigenvalue weighted by molar-refractivity contribution is 5.93. The highest BCUT2D eigenvalue weighted by Crippen LogP contribution is 2.30. The van der Waals surface area contributed by atoms with Crippen LogP contribution in [0.4, 0.5) is 5.69 Å². The molecule has 5 heteroatoms. The molecule has 0 bridgehead atoms. The van der Waals surface area contributed by atoms with Gasteiger partial charge in [-0.1, -0.05) is 17.7 Å². The van der Waals surface area contributed by atoms with Crippen LogP contribution in [0.1, 0.15) is 63.4 Å². The minimum atomic E-state index is -0.0674. The Morgan fingerprint density at radius 2 is 1.82 bits per heavy atom. The number of allylic oxidation sites excluding steroid dienone is 1. The Balaban J connectivity index is 1.39. The van der Waals surface area contributed by atoms with Crippen LogP contribution in [0.5, 0.6) is 0 Å². The molecule has 148 valence electrons. The third-order valence-corrected chi connectivity index (χ3v) is 5.86. The SMILES string of the molecule is N#Cc1cccc(NC(=O)C2CCC(C(=O)NCCC3=CCCCC3)CC2)c1. The maximum Gasteiger partial charge on any atom is 0.227 e. The summed E-state index contributed by atoms with van der Waals surface area (Å²) in [4.78, 5) is 24.9. The highest BCUT2D eigenvalue weighted by Gasteiger charge is 2.29. The molecule has 5 nitrogen and oxygen atoms in total. The van der Waals surface area contributed by atoms with Gasteiger partial charge in [0.25, 0.3) is 0 Å². The first-order valence-electron chi connectivity index (χ1n) is 10.4. The maximum atomic E-state index is 12.5. The number of nitriles is 1. The molecule has 1 saturated carbocycles. The van der Waals surface area contributed by atoms with E-state index in [1.165, 1.54) is 31.3 Å². The predicted molar refractivity (Wildman–Crippen MR) is 109 cm³/mol. The maximum absolute atomic E-state index is 12.5. The highest BCUT2D eigenvalue weighted by atomic mass is 16.2. The van der Waals surface area contributed by atoms with E-state index in [4.69, 9.17) is 5.26 Å². The van der Waals surface area contributed by atoms with Crippen LogP contribution >= 0.6 is 0 Å². The number of benzene rings is 1. The lowest BCUT2D eigenvalue weighted by Crippen LogP contribution is -2.36. The van der Waals surface area contributed by atoms with Crippen molar-refractivity contribution in [1.29, 1.82) is 5.26 Å². The van der Waals surface area contributed by atoms with Gasteiger partial charge in [0.2, 0.25) is 11.8 Å². The first-order valence-corrected chi connectivity index (χ1v) is 10.4. The lowest BCUT2D eigenvalue weighted by Gasteiger charge is -2.27. The van der Waals surface area contributed by atoms with Crippen LogP contribution in [-0.2, 0) is 9.59 Å². The summed E-state index contributed by atoms with van der Waals surface area (Å²) in [6, 6.07) is 9.02. The number of anilines is 1. The van der Waals surface area contributed by atoms with Crippen molar-refractivity contribution in [3.8, 4) is 6.07 Å². The Kier molecular flexibility index (Phi) is 7.25. The molecule has 1 fully saturated rings. The molecule has 3 rings (SSSR count). The Labute approximate surface area is 167 Å². The minimum absolute atomic E-state index is 0.0156. The van der Waals surface area contributed by atoms with E-state index >= 15 is 0 Å². The van der Waals surface area contributed by atoms with E-state index in [2.05, 4.69) is 22.8 Å². The van der Waals surface area contributed by atoms with Gasteiger partial charge in [-0.25, -0.2) is 0 Å². The third-order valence-electron chi connectivity index (χ3n) is 5.86. The number of hydrogen-bond donors (Lipinski definition) is 2. The summed E-state index contributed by atoms with van der Waals surface area (Å²) in [5.74, 6) is 0.0728. The van der Waals surface area contributed by atoms with Gasteiger partial charge in [0.05, 0.1) is 11.6 Å². The summed E-state index contributed by atoms with van der Waals surface area (Å²) < 4.78 is 0. The third kappa shape index (κ3) is 5.69. The normalized spacial score (nSPS) is 21.9. The van der Waals surface area contributed by atoms with Crippen molar-refractivity contribution in [2.75, 3.05) is 11.9 Å². The molecule has 2 aliphatic carbocycles. The summed E-state index contributed by atoms with van der Waals surface area (Å²) in [6.07, 6.45) is 11.2. The van der Waals surface area contributed by atoms with Crippen LogP contribution in [0, 0.1) is 23.2 Å². The van der Waals surface area contributed by atoms with Crippen LogP contribution in [0.15, 0.2) is 35.9 Å². The second-order valence-electron chi connectivity index (χ2n) is 7.88. The van der Waals surface area contributed by atoms with E-state index in [1.54, 1.807) is 24.3 Å². The molecule has 2 aliphatic rings. The van der Waals surface area contributed by atoms with Gasteiger partial charge in [0, 0.05) is 24.1 Å². The van der Waals surface area contributed by atoms with Gasteiger partial charge < -0.3 is 10.6 Å². The summed E-state index contributed by atoms with van der Waals surface area (Å²) in [7, 11) is 0. The number of hydrogen-bond acceptors (Lipinski definition) is 3. The summed E-state index contributed by atoms with van der Waals surface area (Å²) in [5, 5.41) is 14.9. The number of nitrogens with zero attached hydrogens (tertiary/aromatic N) is 1. The Morgan fingerprint density at radius 1 is 1.07 bits per heavy atom. The second-order valence-corrected chi connectivity index (χ2v) is 7.88. The van der Waals surface area contributed by atoms with Crippen LogP contribution in [0.25, 0.3) is 0 Å². The molecule has 2 amide bonds. The molecule has 0 heterocycles. The smallest absolute Gasteiger partial charge is 0.227 e. The quantitative estimate of drug-likeness (QED) is 0.723. The molecule has 0 spiro atoms. The largest absolute Gasteiger partial charge is 0.356 e. The van der Waals surface area contributed by atoms with Gasteiger partial charge >= 0.3 is 0 Å². The van der Waals surface area contributed by atoms with Gasteiger partial charge in [-0.3, -0.25) is 9.59 Å². The Bertz CT molecular complexity index is 770. The van der Waals surface area contributed by atoms with Crippen LogP contribution in [0.2, 0.25) is 0 Å². The number of rotatable bonds is 6. The predicted octanol–water partition coefficient (Wildman–Crippen LogP) is 4.31. The van der Waals surface area contributed by atoms with E-state index < -0.39 is 0 Å². The zero-order chi connectivity index (χ0) is 19.8. The van der Waals surface area contributed by atoms with Crippen LogP contribution < -0.4 is 10.6 Å². The zero-order valence-electron chi connectivity index (χ0n) is 16.4. The molecular formula is C23H29N3O2. The molecule has 28 heavy (non-hydrogen) atoms. The van der Waals surface area contributed by atoms with Crippen molar-refractivity contribution in [2.45, 2.75) is 57.8 Å². The Morgan fingerprint density at radius 3 is 2.50 bits per heavy atom. The van der Waals surface area contributed by atoms with Gasteiger partial charge in [-0.15, -0.1) is 0 Å². The standard InChI is InChI=1S/C23H29N3O2/c24-16-18-7-4-8-21(15-18)26-23(28)20-11-9-19(10-12-20)22(27)25-14-13-17-5-2-1-3-6-17/h4-5,7-8,15,19-20H,1-3,6,9-14H2,(H,25,27)(H,26,28). The molecular weight excluding hydrogens is 350 g/mol. The molecule has 2 N–H and O–H groups in total.